The first-order valence-corrected chi connectivity index (χ1v) is 8.19. The molecule has 1 saturated carbocycles. The summed E-state index contributed by atoms with van der Waals surface area (Å²) in [5.41, 5.74) is 1.08. The van der Waals surface area contributed by atoms with Crippen molar-refractivity contribution in [3.05, 3.63) is 29.8 Å². The Kier molecular flexibility index (Phi) is 5.58. The molecule has 0 spiro atoms. The molecular formula is C16H24OS. The highest BCUT2D eigenvalue weighted by atomic mass is 32.2. The Labute approximate surface area is 115 Å². The highest BCUT2D eigenvalue weighted by molar-refractivity contribution is 7.99. The van der Waals surface area contributed by atoms with Gasteiger partial charge in [0.2, 0.25) is 0 Å². The van der Waals surface area contributed by atoms with E-state index in [2.05, 4.69) is 31.2 Å². The van der Waals surface area contributed by atoms with E-state index in [9.17, 15) is 5.11 Å². The lowest BCUT2D eigenvalue weighted by Gasteiger charge is -2.14. The fourth-order valence-corrected chi connectivity index (χ4v) is 3.47. The molecule has 0 aliphatic heterocycles. The van der Waals surface area contributed by atoms with Gasteiger partial charge in [0.25, 0.3) is 0 Å². The van der Waals surface area contributed by atoms with Crippen molar-refractivity contribution in [3.63, 3.8) is 0 Å². The minimum Gasteiger partial charge on any atom is -0.388 e. The molecule has 1 unspecified atom stereocenters. The molecule has 0 amide bonds. The van der Waals surface area contributed by atoms with Crippen molar-refractivity contribution < 1.29 is 5.11 Å². The van der Waals surface area contributed by atoms with E-state index in [1.165, 1.54) is 37.0 Å². The lowest BCUT2D eigenvalue weighted by molar-refractivity contribution is 0.157. The molecule has 1 aliphatic rings. The summed E-state index contributed by atoms with van der Waals surface area (Å²) in [6.45, 7) is 2.16. The average Bonchev–Trinajstić information content (AvgIpc) is 2.90. The van der Waals surface area contributed by atoms with Crippen LogP contribution in [0.1, 0.15) is 57.1 Å². The first kappa shape index (κ1) is 14.0. The summed E-state index contributed by atoms with van der Waals surface area (Å²) in [7, 11) is 0. The molecule has 0 bridgehead atoms. The van der Waals surface area contributed by atoms with Crippen molar-refractivity contribution in [2.24, 2.45) is 5.92 Å². The maximum atomic E-state index is 10.2. The predicted molar refractivity (Wildman–Crippen MR) is 79.0 cm³/mol. The van der Waals surface area contributed by atoms with Crippen LogP contribution < -0.4 is 0 Å². The predicted octanol–water partition coefficient (Wildman–Crippen LogP) is 4.80. The van der Waals surface area contributed by atoms with Crippen LogP contribution >= 0.6 is 11.8 Å². The molecule has 1 fully saturated rings. The Bertz CT molecular complexity index is 341. The molecule has 0 saturated heterocycles. The van der Waals surface area contributed by atoms with E-state index in [0.29, 0.717) is 0 Å². The minimum absolute atomic E-state index is 0.272. The third-order valence-electron chi connectivity index (χ3n) is 3.90. The van der Waals surface area contributed by atoms with E-state index >= 15 is 0 Å². The van der Waals surface area contributed by atoms with Crippen LogP contribution in [-0.2, 0) is 0 Å². The molecule has 0 radical (unpaired) electrons. The van der Waals surface area contributed by atoms with Crippen LogP contribution in [0.4, 0.5) is 0 Å². The Morgan fingerprint density at radius 3 is 2.50 bits per heavy atom. The van der Waals surface area contributed by atoms with Crippen LogP contribution in [0.2, 0.25) is 0 Å². The van der Waals surface area contributed by atoms with Crippen LogP contribution in [0.3, 0.4) is 0 Å². The minimum atomic E-state index is -0.272. The van der Waals surface area contributed by atoms with Gasteiger partial charge in [0.1, 0.15) is 0 Å². The lowest BCUT2D eigenvalue weighted by atomic mass is 9.96. The number of benzene rings is 1. The Hall–Kier alpha value is -0.470. The monoisotopic (exact) mass is 264 g/mol. The van der Waals surface area contributed by atoms with Gasteiger partial charge in [-0.25, -0.2) is 0 Å². The van der Waals surface area contributed by atoms with Gasteiger partial charge in [0.15, 0.2) is 0 Å². The standard InChI is InChI=1S/C16H24OS/c1-2-18-15-10-8-14(9-11-15)16(17)12-7-13-5-3-4-6-13/h8-11,13,16-17H,2-7,12H2,1H3. The molecule has 1 aliphatic carbocycles. The van der Waals surface area contributed by atoms with Crippen LogP contribution in [0.15, 0.2) is 29.2 Å². The molecule has 1 aromatic rings. The maximum Gasteiger partial charge on any atom is 0.0790 e. The fourth-order valence-electron chi connectivity index (χ4n) is 2.81. The zero-order valence-electron chi connectivity index (χ0n) is 11.3. The molecule has 2 rings (SSSR count). The number of rotatable bonds is 6. The molecule has 18 heavy (non-hydrogen) atoms. The Balaban J connectivity index is 1.81. The van der Waals surface area contributed by atoms with Gasteiger partial charge in [-0.1, -0.05) is 44.7 Å². The van der Waals surface area contributed by atoms with Gasteiger partial charge >= 0.3 is 0 Å². The van der Waals surface area contributed by atoms with Crippen molar-refractivity contribution in [2.75, 3.05) is 5.75 Å². The average molecular weight is 264 g/mol. The molecular weight excluding hydrogens is 240 g/mol. The molecule has 100 valence electrons. The van der Waals surface area contributed by atoms with Gasteiger partial charge in [-0.3, -0.25) is 0 Å². The van der Waals surface area contributed by atoms with Crippen molar-refractivity contribution in [1.29, 1.82) is 0 Å². The molecule has 0 aromatic heterocycles. The van der Waals surface area contributed by atoms with Crippen molar-refractivity contribution in [1.82, 2.24) is 0 Å². The molecule has 0 heterocycles. The van der Waals surface area contributed by atoms with Crippen LogP contribution in [0, 0.1) is 5.92 Å². The summed E-state index contributed by atoms with van der Waals surface area (Å²) in [4.78, 5) is 1.30. The third-order valence-corrected chi connectivity index (χ3v) is 4.79. The van der Waals surface area contributed by atoms with Gasteiger partial charge in [-0.05, 0) is 42.2 Å². The van der Waals surface area contributed by atoms with Gasteiger partial charge in [-0.15, -0.1) is 11.8 Å². The van der Waals surface area contributed by atoms with E-state index in [4.69, 9.17) is 0 Å². The van der Waals surface area contributed by atoms with E-state index in [1.807, 2.05) is 11.8 Å². The summed E-state index contributed by atoms with van der Waals surface area (Å²) in [5, 5.41) is 10.2. The van der Waals surface area contributed by atoms with Crippen LogP contribution in [0.5, 0.6) is 0 Å². The number of thioether (sulfide) groups is 1. The smallest absolute Gasteiger partial charge is 0.0790 e. The van der Waals surface area contributed by atoms with Crippen LogP contribution in [0.25, 0.3) is 0 Å². The molecule has 2 heteroatoms. The summed E-state index contributed by atoms with van der Waals surface area (Å²) in [6, 6.07) is 8.42. The van der Waals surface area contributed by atoms with E-state index < -0.39 is 0 Å². The normalized spacial score (nSPS) is 18.1. The van der Waals surface area contributed by atoms with Crippen molar-refractivity contribution in [2.45, 2.75) is 56.4 Å². The van der Waals surface area contributed by atoms with Crippen LogP contribution in [-0.4, -0.2) is 10.9 Å². The third kappa shape index (κ3) is 4.03. The topological polar surface area (TPSA) is 20.2 Å². The second-order valence-corrected chi connectivity index (χ2v) is 6.58. The zero-order chi connectivity index (χ0) is 12.8. The number of hydrogen-bond donors (Lipinski definition) is 1. The van der Waals surface area contributed by atoms with E-state index in [-0.39, 0.29) is 6.10 Å². The fraction of sp³-hybridized carbons (Fsp3) is 0.625. The Morgan fingerprint density at radius 2 is 1.89 bits per heavy atom. The maximum absolute atomic E-state index is 10.2. The highest BCUT2D eigenvalue weighted by Crippen LogP contribution is 2.31. The largest absolute Gasteiger partial charge is 0.388 e. The van der Waals surface area contributed by atoms with Gasteiger partial charge in [0.05, 0.1) is 6.10 Å². The quantitative estimate of drug-likeness (QED) is 0.745. The number of aliphatic hydroxyl groups is 1. The second kappa shape index (κ2) is 7.20. The summed E-state index contributed by atoms with van der Waals surface area (Å²) < 4.78 is 0. The molecule has 1 nitrogen and oxygen atoms in total. The number of hydrogen-bond acceptors (Lipinski definition) is 2. The zero-order valence-corrected chi connectivity index (χ0v) is 12.1. The molecule has 1 atom stereocenters. The first-order chi connectivity index (χ1) is 8.79. The Morgan fingerprint density at radius 1 is 1.22 bits per heavy atom. The molecule has 1 N–H and O–H groups in total. The highest BCUT2D eigenvalue weighted by Gasteiger charge is 2.17. The van der Waals surface area contributed by atoms with E-state index in [1.54, 1.807) is 0 Å². The van der Waals surface area contributed by atoms with Gasteiger partial charge in [-0.2, -0.15) is 0 Å². The number of aliphatic hydroxyl groups excluding tert-OH is 1. The van der Waals surface area contributed by atoms with Crippen molar-refractivity contribution >= 4 is 11.8 Å². The SMILES string of the molecule is CCSc1ccc(C(O)CCC2CCCC2)cc1. The second-order valence-electron chi connectivity index (χ2n) is 5.25. The molecule has 1 aromatic carbocycles. The first-order valence-electron chi connectivity index (χ1n) is 7.20. The van der Waals surface area contributed by atoms with E-state index in [0.717, 1.165) is 23.7 Å². The summed E-state index contributed by atoms with van der Waals surface area (Å²) >= 11 is 1.85. The van der Waals surface area contributed by atoms with Crippen molar-refractivity contribution in [3.8, 4) is 0 Å². The summed E-state index contributed by atoms with van der Waals surface area (Å²) in [5.74, 6) is 1.97. The van der Waals surface area contributed by atoms with Gasteiger partial charge in [0, 0.05) is 4.90 Å². The summed E-state index contributed by atoms with van der Waals surface area (Å²) in [6.07, 6.45) is 7.37. The van der Waals surface area contributed by atoms with Gasteiger partial charge < -0.3 is 5.11 Å². The lowest BCUT2D eigenvalue weighted by Crippen LogP contribution is -2.01.